The van der Waals surface area contributed by atoms with Gasteiger partial charge in [0.15, 0.2) is 0 Å². The van der Waals surface area contributed by atoms with Crippen LogP contribution in [0, 0.1) is 5.92 Å². The summed E-state index contributed by atoms with van der Waals surface area (Å²) in [5, 5.41) is 0. The largest absolute Gasteiger partial charge is 0.335 e. The Kier molecular flexibility index (Phi) is 4.97. The molecule has 1 aromatic carbocycles. The zero-order chi connectivity index (χ0) is 13.7. The summed E-state index contributed by atoms with van der Waals surface area (Å²) >= 11 is 0. The van der Waals surface area contributed by atoms with Gasteiger partial charge in [-0.05, 0) is 30.9 Å². The normalized spacial score (nSPS) is 16.1. The molecule has 3 heteroatoms. The van der Waals surface area contributed by atoms with Crippen molar-refractivity contribution in [3.8, 4) is 0 Å². The van der Waals surface area contributed by atoms with E-state index in [-0.39, 0.29) is 5.91 Å². The Morgan fingerprint density at radius 1 is 1.37 bits per heavy atom. The van der Waals surface area contributed by atoms with E-state index >= 15 is 0 Å². The molecule has 0 aromatic heterocycles. The fourth-order valence-electron chi connectivity index (χ4n) is 2.35. The van der Waals surface area contributed by atoms with Crippen LogP contribution in [-0.2, 0) is 11.3 Å². The maximum absolute atomic E-state index is 12.4. The molecule has 1 aliphatic carbocycles. The number of benzene rings is 1. The van der Waals surface area contributed by atoms with Gasteiger partial charge in [-0.15, -0.1) is 0 Å². The van der Waals surface area contributed by atoms with Gasteiger partial charge in [-0.25, -0.2) is 0 Å². The third-order valence-corrected chi connectivity index (χ3v) is 3.88. The summed E-state index contributed by atoms with van der Waals surface area (Å²) in [6, 6.07) is 10.7. The van der Waals surface area contributed by atoms with Crippen LogP contribution in [0.15, 0.2) is 30.3 Å². The first-order chi connectivity index (χ1) is 9.24. The Bertz CT molecular complexity index is 396. The second kappa shape index (κ2) is 6.71. The van der Waals surface area contributed by atoms with Crippen LogP contribution in [0.25, 0.3) is 0 Å². The van der Waals surface area contributed by atoms with Gasteiger partial charge in [0.2, 0.25) is 5.91 Å². The van der Waals surface area contributed by atoms with Crippen molar-refractivity contribution in [2.45, 2.75) is 45.2 Å². The van der Waals surface area contributed by atoms with Crippen molar-refractivity contribution < 1.29 is 4.79 Å². The van der Waals surface area contributed by atoms with Crippen molar-refractivity contribution in [1.82, 2.24) is 4.90 Å². The number of nitrogens with zero attached hydrogens (tertiary/aromatic N) is 1. The highest BCUT2D eigenvalue weighted by Crippen LogP contribution is 2.29. The second-order valence-electron chi connectivity index (χ2n) is 5.45. The van der Waals surface area contributed by atoms with Gasteiger partial charge in [-0.1, -0.05) is 43.7 Å². The van der Waals surface area contributed by atoms with Gasteiger partial charge >= 0.3 is 0 Å². The summed E-state index contributed by atoms with van der Waals surface area (Å²) in [7, 11) is 0. The Balaban J connectivity index is 1.98. The van der Waals surface area contributed by atoms with Gasteiger partial charge in [0.1, 0.15) is 0 Å². The standard InChI is InChI=1S/C16H24N2O/c1-2-13(11-17)10-16(19)18(15-8-9-15)12-14-6-4-3-5-7-14/h3-7,13,15H,2,8-12,17H2,1H3. The molecule has 2 N–H and O–H groups in total. The van der Waals surface area contributed by atoms with Crippen molar-refractivity contribution in [3.05, 3.63) is 35.9 Å². The first kappa shape index (κ1) is 14.1. The van der Waals surface area contributed by atoms with Gasteiger partial charge in [0, 0.05) is 19.0 Å². The SMILES string of the molecule is CCC(CN)CC(=O)N(Cc1ccccc1)C1CC1. The summed E-state index contributed by atoms with van der Waals surface area (Å²) in [5.74, 6) is 0.591. The molecule has 1 amide bonds. The highest BCUT2D eigenvalue weighted by atomic mass is 16.2. The van der Waals surface area contributed by atoms with E-state index < -0.39 is 0 Å². The van der Waals surface area contributed by atoms with Crippen LogP contribution in [0.4, 0.5) is 0 Å². The summed E-state index contributed by atoms with van der Waals surface area (Å²) < 4.78 is 0. The van der Waals surface area contributed by atoms with Crippen molar-refractivity contribution in [1.29, 1.82) is 0 Å². The fourth-order valence-corrected chi connectivity index (χ4v) is 2.35. The molecule has 1 saturated carbocycles. The Morgan fingerprint density at radius 3 is 2.58 bits per heavy atom. The zero-order valence-electron chi connectivity index (χ0n) is 11.7. The molecule has 0 bridgehead atoms. The third kappa shape index (κ3) is 4.06. The van der Waals surface area contributed by atoms with Gasteiger partial charge < -0.3 is 10.6 Å². The zero-order valence-corrected chi connectivity index (χ0v) is 11.7. The lowest BCUT2D eigenvalue weighted by Crippen LogP contribution is -2.34. The van der Waals surface area contributed by atoms with Crippen LogP contribution in [-0.4, -0.2) is 23.4 Å². The average Bonchev–Trinajstić information content (AvgIpc) is 3.27. The predicted molar refractivity (Wildman–Crippen MR) is 77.5 cm³/mol. The first-order valence-electron chi connectivity index (χ1n) is 7.28. The lowest BCUT2D eigenvalue weighted by Gasteiger charge is -2.24. The molecule has 0 saturated heterocycles. The molecule has 104 valence electrons. The number of rotatable bonds is 7. The van der Waals surface area contributed by atoms with E-state index in [1.807, 2.05) is 23.1 Å². The number of nitrogens with two attached hydrogens (primary N) is 1. The molecule has 0 heterocycles. The summed E-state index contributed by atoms with van der Waals surface area (Å²) in [6.45, 7) is 3.45. The molecule has 1 aliphatic rings. The molecular weight excluding hydrogens is 236 g/mol. The van der Waals surface area contributed by atoms with E-state index in [9.17, 15) is 4.79 Å². The number of carbonyl (C=O) groups is 1. The van der Waals surface area contributed by atoms with Gasteiger partial charge in [-0.2, -0.15) is 0 Å². The number of carbonyl (C=O) groups excluding carboxylic acids is 1. The van der Waals surface area contributed by atoms with Crippen molar-refractivity contribution in [3.63, 3.8) is 0 Å². The molecule has 0 radical (unpaired) electrons. The Morgan fingerprint density at radius 2 is 2.05 bits per heavy atom. The molecule has 1 aromatic rings. The minimum absolute atomic E-state index is 0.267. The molecule has 3 nitrogen and oxygen atoms in total. The lowest BCUT2D eigenvalue weighted by atomic mass is 10.0. The molecule has 1 unspecified atom stereocenters. The predicted octanol–water partition coefficient (Wildman–Crippen LogP) is 2.55. The van der Waals surface area contributed by atoms with Crippen LogP contribution < -0.4 is 5.73 Å². The summed E-state index contributed by atoms with van der Waals surface area (Å²) in [6.07, 6.45) is 3.87. The van der Waals surface area contributed by atoms with E-state index in [4.69, 9.17) is 5.73 Å². The molecule has 0 spiro atoms. The number of hydrogen-bond donors (Lipinski definition) is 1. The van der Waals surface area contributed by atoms with E-state index in [1.165, 1.54) is 5.56 Å². The summed E-state index contributed by atoms with van der Waals surface area (Å²) in [5.41, 5.74) is 6.92. The third-order valence-electron chi connectivity index (χ3n) is 3.88. The minimum atomic E-state index is 0.267. The van der Waals surface area contributed by atoms with Crippen molar-refractivity contribution >= 4 is 5.91 Å². The van der Waals surface area contributed by atoms with E-state index in [2.05, 4.69) is 19.1 Å². The van der Waals surface area contributed by atoms with Crippen LogP contribution in [0.2, 0.25) is 0 Å². The van der Waals surface area contributed by atoms with Crippen molar-refractivity contribution in [2.24, 2.45) is 11.7 Å². The molecule has 19 heavy (non-hydrogen) atoms. The number of hydrogen-bond acceptors (Lipinski definition) is 2. The quantitative estimate of drug-likeness (QED) is 0.819. The van der Waals surface area contributed by atoms with E-state index in [0.717, 1.165) is 25.8 Å². The molecule has 2 rings (SSSR count). The fraction of sp³-hybridized carbons (Fsp3) is 0.562. The van der Waals surface area contributed by atoms with Crippen LogP contribution >= 0.6 is 0 Å². The molecule has 1 atom stereocenters. The number of amides is 1. The second-order valence-corrected chi connectivity index (χ2v) is 5.45. The van der Waals surface area contributed by atoms with Crippen LogP contribution in [0.1, 0.15) is 38.2 Å². The highest BCUT2D eigenvalue weighted by Gasteiger charge is 2.32. The van der Waals surface area contributed by atoms with Gasteiger partial charge in [0.25, 0.3) is 0 Å². The molecule has 1 fully saturated rings. The lowest BCUT2D eigenvalue weighted by molar-refractivity contribution is -0.133. The average molecular weight is 260 g/mol. The smallest absolute Gasteiger partial charge is 0.223 e. The maximum Gasteiger partial charge on any atom is 0.223 e. The van der Waals surface area contributed by atoms with Gasteiger partial charge in [-0.3, -0.25) is 4.79 Å². The Hall–Kier alpha value is -1.35. The molecular formula is C16H24N2O. The first-order valence-corrected chi connectivity index (χ1v) is 7.28. The van der Waals surface area contributed by atoms with Crippen molar-refractivity contribution in [2.75, 3.05) is 6.54 Å². The summed E-state index contributed by atoms with van der Waals surface area (Å²) in [4.78, 5) is 14.5. The maximum atomic E-state index is 12.4. The molecule has 0 aliphatic heterocycles. The Labute approximate surface area is 115 Å². The van der Waals surface area contributed by atoms with E-state index in [1.54, 1.807) is 0 Å². The minimum Gasteiger partial charge on any atom is -0.335 e. The van der Waals surface area contributed by atoms with Crippen LogP contribution in [0.5, 0.6) is 0 Å². The van der Waals surface area contributed by atoms with Gasteiger partial charge in [0.05, 0.1) is 0 Å². The monoisotopic (exact) mass is 260 g/mol. The van der Waals surface area contributed by atoms with E-state index in [0.29, 0.717) is 24.9 Å². The van der Waals surface area contributed by atoms with Crippen LogP contribution in [0.3, 0.4) is 0 Å². The topological polar surface area (TPSA) is 46.3 Å². The highest BCUT2D eigenvalue weighted by molar-refractivity contribution is 5.77.